The molecule has 2 heterocycles. The summed E-state index contributed by atoms with van der Waals surface area (Å²) in [5, 5.41) is 2.49. The summed E-state index contributed by atoms with van der Waals surface area (Å²) in [4.78, 5) is 55.6. The number of carbonyl (C=O) groups is 2. The van der Waals surface area contributed by atoms with E-state index < -0.39 is 12.2 Å². The van der Waals surface area contributed by atoms with Crippen LogP contribution in [-0.4, -0.2) is 58.4 Å². The van der Waals surface area contributed by atoms with Crippen LogP contribution in [0.15, 0.2) is 48.7 Å². The predicted octanol–water partition coefficient (Wildman–Crippen LogP) is 5.83. The van der Waals surface area contributed by atoms with Gasteiger partial charge in [-0.05, 0) is 70.3 Å². The number of nitrogens with one attached hydrogen (secondary N) is 4. The maximum atomic E-state index is 10.9. The van der Waals surface area contributed by atoms with Gasteiger partial charge in [0.1, 0.15) is 0 Å². The van der Waals surface area contributed by atoms with Crippen molar-refractivity contribution in [2.24, 2.45) is 0 Å². The van der Waals surface area contributed by atoms with Crippen molar-refractivity contribution < 1.29 is 65.8 Å². The molecule has 2 aromatic heterocycles. The van der Waals surface area contributed by atoms with Crippen LogP contribution in [0.25, 0.3) is 55.9 Å². The quantitative estimate of drug-likeness (QED) is 0.165. The van der Waals surface area contributed by atoms with Crippen LogP contribution >= 0.6 is 17.2 Å². The van der Waals surface area contributed by atoms with Crippen molar-refractivity contribution in [2.45, 2.75) is 25.7 Å². The Morgan fingerprint density at radius 2 is 1.33 bits per heavy atom. The molecule has 4 N–H and O–H groups in total. The van der Waals surface area contributed by atoms with Crippen LogP contribution in [0.5, 0.6) is 0 Å². The molecule has 7 rings (SSSR count). The smallest absolute Gasteiger partial charge is 0.632 e. The van der Waals surface area contributed by atoms with E-state index in [4.69, 9.17) is 16.5 Å². The zero-order valence-electron chi connectivity index (χ0n) is 25.7. The van der Waals surface area contributed by atoms with Crippen LogP contribution in [-0.2, 0) is 81.9 Å². The molecule has 12 nitrogen and oxygen atoms in total. The molecule has 0 fully saturated rings. The van der Waals surface area contributed by atoms with Crippen molar-refractivity contribution in [3.05, 3.63) is 82.5 Å². The van der Waals surface area contributed by atoms with Gasteiger partial charge in [-0.25, -0.2) is 22.0 Å². The normalized spacial score (nSPS) is 12.0. The zero-order chi connectivity index (χ0) is 32.8. The Labute approximate surface area is 303 Å². The molecule has 2 amide bonds. The van der Waals surface area contributed by atoms with Gasteiger partial charge in [0.05, 0.1) is 42.9 Å². The number of methoxy groups -OCH3 is 2. The molecule has 2 aliphatic carbocycles. The first-order chi connectivity index (χ1) is 22.3. The Hall–Kier alpha value is -3.75. The molecular formula is C32H28N6O6P2V2. The third-order valence-electron chi connectivity index (χ3n) is 7.73. The minimum atomic E-state index is -0.995. The SMILES string of the molecule is COC([NH-])=O.COC([NH-])=O.O=[C-]Pc1ncc(-c2ccc3c4c(ccc3c2)-c2ccc3c(c2CC4)CCc2[nH]c(P[C-]=O)nc2-3)[nH]1.[V+2].[V+2]. The molecule has 16 heteroatoms. The van der Waals surface area contributed by atoms with Crippen molar-refractivity contribution in [1.29, 1.82) is 0 Å². The summed E-state index contributed by atoms with van der Waals surface area (Å²) in [5.74, 6) is 0. The van der Waals surface area contributed by atoms with Gasteiger partial charge < -0.3 is 40.5 Å². The number of aryl methyl sites for hydroxylation is 2. The predicted molar refractivity (Wildman–Crippen MR) is 180 cm³/mol. The Morgan fingerprint density at radius 1 is 0.771 bits per heavy atom. The van der Waals surface area contributed by atoms with E-state index in [2.05, 4.69) is 66.9 Å². The monoisotopic (exact) mass is 756 g/mol. The molecule has 0 saturated carbocycles. The molecule has 2 aliphatic rings. The van der Waals surface area contributed by atoms with Gasteiger partial charge in [0.25, 0.3) is 0 Å². The summed E-state index contributed by atoms with van der Waals surface area (Å²) < 4.78 is 7.56. The van der Waals surface area contributed by atoms with Crippen LogP contribution in [0, 0.1) is 0 Å². The van der Waals surface area contributed by atoms with E-state index in [1.165, 1.54) is 44.2 Å². The maximum Gasteiger partial charge on any atom is 2.00 e. The molecule has 0 aliphatic heterocycles. The fourth-order valence-electron chi connectivity index (χ4n) is 5.82. The van der Waals surface area contributed by atoms with Crippen molar-refractivity contribution in [3.63, 3.8) is 0 Å². The molecule has 0 bridgehead atoms. The van der Waals surface area contributed by atoms with E-state index in [1.807, 2.05) is 12.1 Å². The molecule has 0 saturated heterocycles. The van der Waals surface area contributed by atoms with Crippen molar-refractivity contribution in [2.75, 3.05) is 14.2 Å². The third kappa shape index (κ3) is 8.45. The maximum absolute atomic E-state index is 10.9. The molecule has 48 heavy (non-hydrogen) atoms. The van der Waals surface area contributed by atoms with Gasteiger partial charge in [-0.2, -0.15) is 17.2 Å². The van der Waals surface area contributed by atoms with Gasteiger partial charge in [0.2, 0.25) is 12.2 Å². The van der Waals surface area contributed by atoms with E-state index in [-0.39, 0.29) is 54.3 Å². The van der Waals surface area contributed by atoms with Gasteiger partial charge in [-0.1, -0.05) is 36.4 Å². The van der Waals surface area contributed by atoms with Gasteiger partial charge in [0.15, 0.2) is 0 Å². The second kappa shape index (κ2) is 17.6. The largest absolute Gasteiger partial charge is 2.00 e. The summed E-state index contributed by atoms with van der Waals surface area (Å²) in [6, 6.07) is 19.4. The number of aromatic amines is 2. The van der Waals surface area contributed by atoms with Gasteiger partial charge >= 0.3 is 37.1 Å². The first kappa shape index (κ1) is 38.7. The fourth-order valence-corrected chi connectivity index (χ4v) is 6.72. The van der Waals surface area contributed by atoms with Crippen LogP contribution in [0.1, 0.15) is 22.4 Å². The molecule has 242 valence electrons. The standard InChI is InChI=1S/C28H20N4O2P2.2C2H5NO2.2V/c33-13-35-27-29-12-25(31-27)16-2-3-17-15(11-16)1-4-19-18(17)5-6-21-20(19)7-8-23-22(21)9-10-24-26(23)32-28(30-24)36-14-34;2*1-5-2(3)4;;/h1-4,7-8,11-12,35-36H,5-6,9-10H2,(H,29,31)(H,30,32);2*1H3,(H2,3,4);;/q-2;;;2*+2/p-2. The summed E-state index contributed by atoms with van der Waals surface area (Å²) in [5.41, 5.74) is 25.5. The van der Waals surface area contributed by atoms with E-state index in [1.54, 1.807) is 6.20 Å². The van der Waals surface area contributed by atoms with Crippen molar-refractivity contribution in [3.8, 4) is 33.6 Å². The number of H-pyrrole nitrogens is 2. The topological polar surface area (TPSA) is 192 Å². The van der Waals surface area contributed by atoms with E-state index >= 15 is 0 Å². The molecule has 0 spiro atoms. The number of hydrogen-bond donors (Lipinski definition) is 2. The summed E-state index contributed by atoms with van der Waals surface area (Å²) in [7, 11) is 2.19. The van der Waals surface area contributed by atoms with Gasteiger partial charge in [-0.3, -0.25) is 9.59 Å². The zero-order valence-corrected chi connectivity index (χ0v) is 30.5. The summed E-state index contributed by atoms with van der Waals surface area (Å²) in [6.07, 6.45) is 3.71. The van der Waals surface area contributed by atoms with Crippen molar-refractivity contribution >= 4 is 63.3 Å². The van der Waals surface area contributed by atoms with Crippen LogP contribution in [0.2, 0.25) is 0 Å². The average Bonchev–Trinajstić information content (AvgIpc) is 3.72. The molecule has 5 aromatic rings. The Balaban J connectivity index is 0.000000461. The number of fused-ring (bicyclic) bond motifs is 9. The minimum Gasteiger partial charge on any atom is -0.632 e. The number of hydrogen-bond acceptors (Lipinski definition) is 8. The number of aromatic nitrogens is 4. The summed E-state index contributed by atoms with van der Waals surface area (Å²) in [6.45, 7) is 0. The molecule has 2 atom stereocenters. The first-order valence-corrected chi connectivity index (χ1v) is 16.0. The number of amides is 2. The Bertz CT molecular complexity index is 1950. The third-order valence-corrected chi connectivity index (χ3v) is 8.90. The van der Waals surface area contributed by atoms with E-state index in [0.29, 0.717) is 5.57 Å². The summed E-state index contributed by atoms with van der Waals surface area (Å²) >= 11 is 0. The van der Waals surface area contributed by atoms with E-state index in [0.717, 1.165) is 68.1 Å². The van der Waals surface area contributed by atoms with Crippen molar-refractivity contribution in [1.82, 2.24) is 19.9 Å². The second-order valence-corrected chi connectivity index (χ2v) is 12.0. The first-order valence-electron chi connectivity index (χ1n) is 14.0. The Morgan fingerprint density at radius 3 is 2.00 bits per heavy atom. The molecule has 3 aromatic carbocycles. The molecule has 2 radical (unpaired) electrons. The van der Waals surface area contributed by atoms with Crippen LogP contribution < -0.4 is 11.1 Å². The fraction of sp³-hybridized carbons (Fsp3) is 0.188. The van der Waals surface area contributed by atoms with Crippen LogP contribution in [0.3, 0.4) is 0 Å². The minimum absolute atomic E-state index is 0. The average molecular weight is 756 g/mol. The Kier molecular flexibility index (Phi) is 14.2. The van der Waals surface area contributed by atoms with E-state index in [9.17, 15) is 19.2 Å². The van der Waals surface area contributed by atoms with Gasteiger partial charge in [-0.15, -0.1) is 0 Å². The van der Waals surface area contributed by atoms with Crippen LogP contribution in [0.4, 0.5) is 9.59 Å². The number of rotatable bonds is 5. The number of ether oxygens (including phenoxy) is 2. The molecular weight excluding hydrogens is 728 g/mol. The molecule has 2 unspecified atom stereocenters. The second-order valence-electron chi connectivity index (χ2n) is 10.1. The number of imidazole rings is 2. The number of carbonyl (C=O) groups excluding carboxylic acids is 4. The number of nitrogens with zero attached hydrogens (tertiary/aromatic N) is 2. The number of benzene rings is 3. The van der Waals surface area contributed by atoms with Gasteiger partial charge in [0, 0.05) is 16.8 Å².